The summed E-state index contributed by atoms with van der Waals surface area (Å²) in [7, 11) is -1.09. The molecule has 2 aliphatic carbocycles. The molecular weight excluding hydrogens is 416 g/mol. The number of hydrogen-bond donors (Lipinski definition) is 1. The van der Waals surface area contributed by atoms with Gasteiger partial charge >= 0.3 is 0 Å². The van der Waals surface area contributed by atoms with E-state index in [1.807, 2.05) is 31.2 Å². The van der Waals surface area contributed by atoms with E-state index in [0.717, 1.165) is 52.8 Å². The van der Waals surface area contributed by atoms with E-state index in [4.69, 9.17) is 0 Å². The van der Waals surface area contributed by atoms with Crippen LogP contribution in [0.2, 0.25) is 0 Å². The molecule has 0 radical (unpaired) electrons. The number of ketones is 1. The molecule has 170 valence electrons. The first-order chi connectivity index (χ1) is 15.3. The first-order valence-electron chi connectivity index (χ1n) is 11.8. The average Bonchev–Trinajstić information content (AvgIpc) is 3.54. The number of Topliss-reactive ketones (excluding diaryl/α,β-unsaturated/α-hetero) is 1. The van der Waals surface area contributed by atoms with Gasteiger partial charge in [0.15, 0.2) is 5.78 Å². The molecule has 2 aromatic carbocycles. The summed E-state index contributed by atoms with van der Waals surface area (Å²) in [6.45, 7) is 8.31. The van der Waals surface area contributed by atoms with Crippen molar-refractivity contribution in [2.75, 3.05) is 5.75 Å². The zero-order valence-electron chi connectivity index (χ0n) is 19.7. The van der Waals surface area contributed by atoms with Crippen molar-refractivity contribution in [2.24, 2.45) is 11.3 Å². The van der Waals surface area contributed by atoms with Gasteiger partial charge in [0.25, 0.3) is 0 Å². The highest BCUT2D eigenvalue weighted by Gasteiger charge is 2.52. The Bertz CT molecular complexity index is 1070. The summed E-state index contributed by atoms with van der Waals surface area (Å²) in [5.41, 5.74) is 6.01. The van der Waals surface area contributed by atoms with E-state index in [1.54, 1.807) is 0 Å². The Morgan fingerprint density at radius 2 is 1.56 bits per heavy atom. The zero-order valence-corrected chi connectivity index (χ0v) is 20.5. The third-order valence-corrected chi connectivity index (χ3v) is 8.99. The maximum atomic E-state index is 13.4. The summed E-state index contributed by atoms with van der Waals surface area (Å²) >= 11 is 0. The Morgan fingerprint density at radius 1 is 0.969 bits per heavy atom. The highest BCUT2D eigenvalue weighted by atomic mass is 32.2. The van der Waals surface area contributed by atoms with E-state index >= 15 is 0 Å². The van der Waals surface area contributed by atoms with Gasteiger partial charge in [-0.1, -0.05) is 49.2 Å². The standard InChI is InChI=1S/C28H34O3S/c1-5-20-13-19(4)14-21(6-2)26(20)27-24(29)15-22(16-25(27)30)28(11-12-28)17-32(31)23-9-7-18(3)8-10-23/h7-10,13-14,22,29H,5-6,11-12,15-17H2,1-4H3. The van der Waals surface area contributed by atoms with Crippen molar-refractivity contribution in [3.8, 4) is 0 Å². The molecule has 0 spiro atoms. The second kappa shape index (κ2) is 8.97. The number of benzene rings is 2. The SMILES string of the molecule is CCc1cc(C)cc(CC)c1C1=C(O)CC(C2(CS(=O)c3ccc(C)cc3)CC2)CC1=O. The molecule has 1 saturated carbocycles. The van der Waals surface area contributed by atoms with Crippen LogP contribution in [-0.4, -0.2) is 20.9 Å². The van der Waals surface area contributed by atoms with Crippen LogP contribution in [0.4, 0.5) is 0 Å². The van der Waals surface area contributed by atoms with Gasteiger partial charge in [0, 0.05) is 23.5 Å². The van der Waals surface area contributed by atoms with Crippen molar-refractivity contribution in [3.63, 3.8) is 0 Å². The first kappa shape index (κ1) is 23.0. The van der Waals surface area contributed by atoms with Gasteiger partial charge in [0.05, 0.1) is 16.4 Å². The maximum absolute atomic E-state index is 13.4. The van der Waals surface area contributed by atoms with Crippen molar-refractivity contribution in [1.82, 2.24) is 0 Å². The number of aliphatic hydroxyl groups excluding tert-OH is 1. The molecule has 0 aliphatic heterocycles. The van der Waals surface area contributed by atoms with E-state index in [1.165, 1.54) is 5.56 Å². The van der Waals surface area contributed by atoms with Crippen LogP contribution >= 0.6 is 0 Å². The highest BCUT2D eigenvalue weighted by Crippen LogP contribution is 2.57. The largest absolute Gasteiger partial charge is 0.512 e. The molecule has 0 bridgehead atoms. The third-order valence-electron chi connectivity index (χ3n) is 7.36. The van der Waals surface area contributed by atoms with Crippen molar-refractivity contribution in [2.45, 2.75) is 71.1 Å². The van der Waals surface area contributed by atoms with E-state index in [2.05, 4.69) is 32.9 Å². The zero-order chi connectivity index (χ0) is 23.0. The van der Waals surface area contributed by atoms with Gasteiger partial charge in [-0.3, -0.25) is 9.00 Å². The Labute approximate surface area is 194 Å². The first-order valence-corrected chi connectivity index (χ1v) is 13.1. The van der Waals surface area contributed by atoms with Crippen LogP contribution in [0.5, 0.6) is 0 Å². The molecule has 2 aliphatic rings. The van der Waals surface area contributed by atoms with Crippen molar-refractivity contribution in [3.05, 3.63) is 70.0 Å². The van der Waals surface area contributed by atoms with Gasteiger partial charge < -0.3 is 5.11 Å². The van der Waals surface area contributed by atoms with Crippen LogP contribution < -0.4 is 0 Å². The van der Waals surface area contributed by atoms with E-state index in [-0.39, 0.29) is 22.9 Å². The maximum Gasteiger partial charge on any atom is 0.167 e. The lowest BCUT2D eigenvalue weighted by molar-refractivity contribution is -0.115. The number of carbonyl (C=O) groups excluding carboxylic acids is 1. The Balaban J connectivity index is 1.61. The molecule has 0 heterocycles. The monoisotopic (exact) mass is 450 g/mol. The number of carbonyl (C=O) groups is 1. The average molecular weight is 451 g/mol. The quantitative estimate of drug-likeness (QED) is 0.541. The molecule has 1 fully saturated rings. The number of aryl methyl sites for hydroxylation is 4. The van der Waals surface area contributed by atoms with Crippen molar-refractivity contribution in [1.29, 1.82) is 0 Å². The molecule has 2 aromatic rings. The number of rotatable bonds is 7. The Morgan fingerprint density at radius 3 is 2.06 bits per heavy atom. The minimum atomic E-state index is -1.09. The van der Waals surface area contributed by atoms with Crippen LogP contribution in [-0.2, 0) is 28.4 Å². The van der Waals surface area contributed by atoms with Crippen molar-refractivity contribution >= 4 is 22.2 Å². The lowest BCUT2D eigenvalue weighted by Crippen LogP contribution is -2.30. The predicted molar refractivity (Wildman–Crippen MR) is 131 cm³/mol. The summed E-state index contributed by atoms with van der Waals surface area (Å²) in [6.07, 6.45) is 4.57. The summed E-state index contributed by atoms with van der Waals surface area (Å²) in [6, 6.07) is 12.2. The molecular formula is C28H34O3S. The molecule has 4 rings (SSSR count). The summed E-state index contributed by atoms with van der Waals surface area (Å²) in [4.78, 5) is 14.3. The minimum absolute atomic E-state index is 0.0411. The van der Waals surface area contributed by atoms with E-state index in [9.17, 15) is 14.1 Å². The lowest BCUT2D eigenvalue weighted by atomic mass is 9.74. The molecule has 0 aromatic heterocycles. The number of allylic oxidation sites excluding steroid dienone is 2. The van der Waals surface area contributed by atoms with Gasteiger partial charge in [-0.05, 0) is 79.7 Å². The van der Waals surface area contributed by atoms with E-state index in [0.29, 0.717) is 24.2 Å². The van der Waals surface area contributed by atoms with Gasteiger partial charge in [-0.2, -0.15) is 0 Å². The normalized spacial score (nSPS) is 21.0. The highest BCUT2D eigenvalue weighted by molar-refractivity contribution is 7.85. The summed E-state index contributed by atoms with van der Waals surface area (Å²) in [5, 5.41) is 11.1. The number of aliphatic hydroxyl groups is 1. The second-order valence-corrected chi connectivity index (χ2v) is 11.1. The number of hydrogen-bond acceptors (Lipinski definition) is 3. The lowest BCUT2D eigenvalue weighted by Gasteiger charge is -2.31. The van der Waals surface area contributed by atoms with Crippen LogP contribution in [0.25, 0.3) is 5.57 Å². The van der Waals surface area contributed by atoms with Crippen LogP contribution in [0.15, 0.2) is 47.1 Å². The van der Waals surface area contributed by atoms with Gasteiger partial charge in [-0.15, -0.1) is 0 Å². The molecule has 0 saturated heterocycles. The van der Waals surface area contributed by atoms with Crippen LogP contribution in [0, 0.1) is 25.2 Å². The van der Waals surface area contributed by atoms with Gasteiger partial charge in [-0.25, -0.2) is 0 Å². The van der Waals surface area contributed by atoms with Crippen LogP contribution in [0.1, 0.15) is 67.3 Å². The second-order valence-electron chi connectivity index (χ2n) is 9.68. The summed E-state index contributed by atoms with van der Waals surface area (Å²) < 4.78 is 13.1. The molecule has 4 heteroatoms. The van der Waals surface area contributed by atoms with Crippen LogP contribution in [0.3, 0.4) is 0 Å². The van der Waals surface area contributed by atoms with Gasteiger partial charge in [0.2, 0.25) is 0 Å². The fourth-order valence-electron chi connectivity index (χ4n) is 5.30. The van der Waals surface area contributed by atoms with Crippen molar-refractivity contribution < 1.29 is 14.1 Å². The summed E-state index contributed by atoms with van der Waals surface area (Å²) in [5.74, 6) is 0.904. The topological polar surface area (TPSA) is 54.4 Å². The Kier molecular flexibility index (Phi) is 6.44. The minimum Gasteiger partial charge on any atom is -0.512 e. The molecule has 2 unspecified atom stereocenters. The predicted octanol–water partition coefficient (Wildman–Crippen LogP) is 6.26. The van der Waals surface area contributed by atoms with Gasteiger partial charge in [0.1, 0.15) is 5.76 Å². The molecule has 3 nitrogen and oxygen atoms in total. The third kappa shape index (κ3) is 4.34. The molecule has 0 amide bonds. The van der Waals surface area contributed by atoms with E-state index < -0.39 is 10.8 Å². The smallest absolute Gasteiger partial charge is 0.167 e. The fraction of sp³-hybridized carbons (Fsp3) is 0.464. The molecule has 32 heavy (non-hydrogen) atoms. The fourth-order valence-corrected chi connectivity index (χ4v) is 6.95. The molecule has 1 N–H and O–H groups in total. The Hall–Kier alpha value is -2.20. The molecule has 2 atom stereocenters.